The minimum atomic E-state index is 0.515. The van der Waals surface area contributed by atoms with Crippen LogP contribution in [0.3, 0.4) is 0 Å². The Kier molecular flexibility index (Phi) is 15.7. The minimum Gasteiger partial charge on any atom is -0.204 e. The molecule has 104 valence electrons. The first-order chi connectivity index (χ1) is 8.41. The molecule has 0 aromatic carbocycles. The van der Waals surface area contributed by atoms with Crippen molar-refractivity contribution in [1.82, 2.24) is 0 Å². The topological polar surface area (TPSA) is 36.9 Å². The van der Waals surface area contributed by atoms with Gasteiger partial charge in [0.1, 0.15) is 0 Å². The van der Waals surface area contributed by atoms with E-state index < -0.39 is 0 Å². The van der Waals surface area contributed by atoms with Gasteiger partial charge in [-0.25, -0.2) is 9.78 Å². The smallest absolute Gasteiger partial charge is 0.0854 e. The minimum absolute atomic E-state index is 0.515. The van der Waals surface area contributed by atoms with E-state index in [-0.39, 0.29) is 0 Å². The van der Waals surface area contributed by atoms with Gasteiger partial charge < -0.3 is 0 Å². The third-order valence-corrected chi connectivity index (χ3v) is 2.49. The Bertz CT molecular complexity index is 117. The molecule has 0 saturated heterocycles. The molecule has 0 aliphatic heterocycles. The van der Waals surface area contributed by atoms with E-state index in [9.17, 15) is 0 Å². The van der Waals surface area contributed by atoms with E-state index in [1.165, 1.54) is 44.9 Å². The molecular formula is C13H28O4. The summed E-state index contributed by atoms with van der Waals surface area (Å²) in [6, 6.07) is 0. The summed E-state index contributed by atoms with van der Waals surface area (Å²) in [7, 11) is 0. The number of rotatable bonds is 14. The van der Waals surface area contributed by atoms with Crippen LogP contribution in [0.5, 0.6) is 0 Å². The maximum absolute atomic E-state index is 4.78. The van der Waals surface area contributed by atoms with Gasteiger partial charge in [-0.3, -0.25) is 0 Å². The molecule has 0 amide bonds. The van der Waals surface area contributed by atoms with Gasteiger partial charge in [-0.2, -0.15) is 0 Å². The first-order valence-corrected chi connectivity index (χ1v) is 6.99. The second-order valence-electron chi connectivity index (χ2n) is 4.25. The number of unbranched alkanes of at least 4 members (excludes halogenated alkanes) is 7. The molecule has 0 fully saturated rings. The van der Waals surface area contributed by atoms with E-state index in [0.29, 0.717) is 13.2 Å². The van der Waals surface area contributed by atoms with Gasteiger partial charge in [-0.1, -0.05) is 58.8 Å². The Morgan fingerprint density at radius 3 is 1.65 bits per heavy atom. The fourth-order valence-corrected chi connectivity index (χ4v) is 1.49. The predicted octanol–water partition coefficient (Wildman–Crippen LogP) is 4.35. The van der Waals surface area contributed by atoms with Gasteiger partial charge >= 0.3 is 0 Å². The molecule has 0 aromatic heterocycles. The summed E-state index contributed by atoms with van der Waals surface area (Å²) in [5, 5.41) is 8.70. The SMILES string of the molecule is CCCCCCCCCCOOOOCCC. The first kappa shape index (κ1) is 16.8. The van der Waals surface area contributed by atoms with Crippen molar-refractivity contribution < 1.29 is 19.9 Å². The third kappa shape index (κ3) is 15.8. The van der Waals surface area contributed by atoms with Crippen LogP contribution in [0.25, 0.3) is 0 Å². The molecule has 0 rings (SSSR count). The van der Waals surface area contributed by atoms with Crippen molar-refractivity contribution >= 4 is 0 Å². The second-order valence-corrected chi connectivity index (χ2v) is 4.25. The van der Waals surface area contributed by atoms with Crippen LogP contribution in [-0.4, -0.2) is 13.2 Å². The summed E-state index contributed by atoms with van der Waals surface area (Å²) in [6.45, 7) is 5.31. The van der Waals surface area contributed by atoms with Gasteiger partial charge in [0, 0.05) is 0 Å². The molecular weight excluding hydrogens is 220 g/mol. The third-order valence-electron chi connectivity index (χ3n) is 2.49. The predicted molar refractivity (Wildman–Crippen MR) is 67.0 cm³/mol. The van der Waals surface area contributed by atoms with Crippen LogP contribution in [-0.2, 0) is 19.9 Å². The summed E-state index contributed by atoms with van der Waals surface area (Å²) >= 11 is 0. The van der Waals surface area contributed by atoms with Crippen molar-refractivity contribution in [1.29, 1.82) is 0 Å². The fraction of sp³-hybridized carbons (Fsp3) is 1.00. The Balaban J connectivity index is 2.85. The monoisotopic (exact) mass is 248 g/mol. The molecule has 0 spiro atoms. The normalized spacial score (nSPS) is 10.9. The molecule has 0 aromatic rings. The van der Waals surface area contributed by atoms with Gasteiger partial charge in [0.2, 0.25) is 0 Å². The molecule has 0 saturated carbocycles. The molecule has 4 nitrogen and oxygen atoms in total. The molecule has 0 aliphatic rings. The van der Waals surface area contributed by atoms with E-state index in [1.807, 2.05) is 6.92 Å². The fourth-order valence-electron chi connectivity index (χ4n) is 1.49. The zero-order valence-corrected chi connectivity index (χ0v) is 11.4. The lowest BCUT2D eigenvalue weighted by Gasteiger charge is -2.02. The summed E-state index contributed by atoms with van der Waals surface area (Å²) in [5.74, 6) is 0. The van der Waals surface area contributed by atoms with E-state index in [4.69, 9.17) is 4.89 Å². The Hall–Kier alpha value is -0.160. The Morgan fingerprint density at radius 2 is 1.06 bits per heavy atom. The van der Waals surface area contributed by atoms with Crippen LogP contribution in [0.4, 0.5) is 0 Å². The standard InChI is InChI=1S/C13H28O4/c1-3-5-6-7-8-9-10-11-13-15-17-16-14-12-4-2/h3-13H2,1-2H3. The van der Waals surface area contributed by atoms with E-state index in [0.717, 1.165) is 12.8 Å². The zero-order valence-electron chi connectivity index (χ0n) is 11.4. The first-order valence-electron chi connectivity index (χ1n) is 6.99. The van der Waals surface area contributed by atoms with Crippen molar-refractivity contribution in [2.24, 2.45) is 0 Å². The number of hydrogen-bond donors (Lipinski definition) is 0. The van der Waals surface area contributed by atoms with Gasteiger partial charge in [0.25, 0.3) is 0 Å². The highest BCUT2D eigenvalue weighted by atomic mass is 17.7. The average molecular weight is 248 g/mol. The van der Waals surface area contributed by atoms with Crippen LogP contribution < -0.4 is 0 Å². The summed E-state index contributed by atoms with van der Waals surface area (Å²) in [4.78, 5) is 9.40. The van der Waals surface area contributed by atoms with E-state index >= 15 is 0 Å². The lowest BCUT2D eigenvalue weighted by Crippen LogP contribution is -2.00. The number of hydrogen-bond acceptors (Lipinski definition) is 4. The molecule has 0 radical (unpaired) electrons. The zero-order chi connectivity index (χ0) is 12.6. The lowest BCUT2D eigenvalue weighted by molar-refractivity contribution is -0.634. The average Bonchev–Trinajstić information content (AvgIpc) is 2.35. The maximum atomic E-state index is 4.78. The molecule has 0 heterocycles. The maximum Gasteiger partial charge on any atom is 0.0854 e. The van der Waals surface area contributed by atoms with Crippen LogP contribution in [0, 0.1) is 0 Å². The quantitative estimate of drug-likeness (QED) is 0.260. The Labute approximate surface area is 105 Å². The van der Waals surface area contributed by atoms with E-state index in [2.05, 4.69) is 21.9 Å². The molecule has 0 bridgehead atoms. The van der Waals surface area contributed by atoms with Crippen LogP contribution in [0.1, 0.15) is 71.6 Å². The van der Waals surface area contributed by atoms with Gasteiger partial charge in [-0.05, 0) is 22.9 Å². The highest BCUT2D eigenvalue weighted by molar-refractivity contribution is 4.44. The van der Waals surface area contributed by atoms with Crippen molar-refractivity contribution in [2.45, 2.75) is 71.6 Å². The lowest BCUT2D eigenvalue weighted by atomic mass is 10.1. The van der Waals surface area contributed by atoms with Crippen molar-refractivity contribution in [3.8, 4) is 0 Å². The highest BCUT2D eigenvalue weighted by Crippen LogP contribution is 2.08. The molecule has 17 heavy (non-hydrogen) atoms. The van der Waals surface area contributed by atoms with Crippen molar-refractivity contribution in [3.63, 3.8) is 0 Å². The highest BCUT2D eigenvalue weighted by Gasteiger charge is 1.93. The van der Waals surface area contributed by atoms with Gasteiger partial charge in [0.15, 0.2) is 0 Å². The molecule has 0 aliphatic carbocycles. The van der Waals surface area contributed by atoms with E-state index in [1.54, 1.807) is 0 Å². The summed E-state index contributed by atoms with van der Waals surface area (Å²) < 4.78 is 0. The summed E-state index contributed by atoms with van der Waals surface area (Å²) in [6.07, 6.45) is 11.1. The summed E-state index contributed by atoms with van der Waals surface area (Å²) in [5.41, 5.74) is 0. The molecule has 4 heteroatoms. The molecule has 0 atom stereocenters. The van der Waals surface area contributed by atoms with Gasteiger partial charge in [-0.15, -0.1) is 0 Å². The van der Waals surface area contributed by atoms with Crippen LogP contribution in [0.2, 0.25) is 0 Å². The van der Waals surface area contributed by atoms with Crippen molar-refractivity contribution in [2.75, 3.05) is 13.2 Å². The van der Waals surface area contributed by atoms with Gasteiger partial charge in [0.05, 0.1) is 13.2 Å². The van der Waals surface area contributed by atoms with Crippen molar-refractivity contribution in [3.05, 3.63) is 0 Å². The molecule has 0 N–H and O–H groups in total. The van der Waals surface area contributed by atoms with Crippen LogP contribution >= 0.6 is 0 Å². The molecule has 0 unspecified atom stereocenters. The Morgan fingerprint density at radius 1 is 0.529 bits per heavy atom. The second kappa shape index (κ2) is 15.8. The van der Waals surface area contributed by atoms with Crippen LogP contribution in [0.15, 0.2) is 0 Å². The largest absolute Gasteiger partial charge is 0.204 e.